The van der Waals surface area contributed by atoms with E-state index in [1.165, 1.54) is 18.3 Å². The molecule has 1 aromatic carbocycles. The Balaban J connectivity index is 1.43. The number of fused-ring (bicyclic) bond motifs is 1. The first kappa shape index (κ1) is 18.2. The summed E-state index contributed by atoms with van der Waals surface area (Å²) in [5.41, 5.74) is 0.449. The summed E-state index contributed by atoms with van der Waals surface area (Å²) in [4.78, 5) is 18.5. The standard InChI is InChI=1S/C20H20ClFN2O3/c21-17-9-23-6-5-16(17)20(26)24-10-12-7-18(25)19(8-13(12)11-24)27-15-3-1-14(22)2-4-15/h1-6,9,12-13,18-19,25H,7-8,10-11H2/t12-,13+,18+,19+/m0/s1. The largest absolute Gasteiger partial charge is 0.488 e. The fourth-order valence-corrected chi connectivity index (χ4v) is 4.29. The molecule has 1 amide bonds. The van der Waals surface area contributed by atoms with Crippen LogP contribution in [-0.4, -0.2) is 46.2 Å². The van der Waals surface area contributed by atoms with Crippen molar-refractivity contribution in [2.45, 2.75) is 25.0 Å². The number of benzene rings is 1. The Morgan fingerprint density at radius 1 is 1.19 bits per heavy atom. The number of nitrogens with zero attached hydrogens (tertiary/aromatic N) is 2. The molecule has 4 atom stereocenters. The van der Waals surface area contributed by atoms with E-state index in [-0.39, 0.29) is 29.7 Å². The summed E-state index contributed by atoms with van der Waals surface area (Å²) in [6.45, 7) is 1.21. The smallest absolute Gasteiger partial charge is 0.255 e. The van der Waals surface area contributed by atoms with Gasteiger partial charge in [0.1, 0.15) is 17.7 Å². The molecule has 1 aliphatic heterocycles. The molecule has 142 valence electrons. The van der Waals surface area contributed by atoms with Gasteiger partial charge in [-0.3, -0.25) is 9.78 Å². The highest BCUT2D eigenvalue weighted by molar-refractivity contribution is 6.33. The van der Waals surface area contributed by atoms with Crippen LogP contribution in [0.1, 0.15) is 23.2 Å². The van der Waals surface area contributed by atoms with E-state index in [1.807, 2.05) is 0 Å². The molecule has 1 aromatic heterocycles. The predicted molar refractivity (Wildman–Crippen MR) is 98.2 cm³/mol. The molecule has 0 bridgehead atoms. The number of ether oxygens (including phenoxy) is 1. The number of halogens is 2. The van der Waals surface area contributed by atoms with Crippen LogP contribution < -0.4 is 4.74 Å². The second-order valence-corrected chi connectivity index (χ2v) is 7.64. The molecule has 27 heavy (non-hydrogen) atoms. The number of aliphatic hydroxyl groups is 1. The maximum Gasteiger partial charge on any atom is 0.255 e. The monoisotopic (exact) mass is 390 g/mol. The van der Waals surface area contributed by atoms with Gasteiger partial charge in [0.25, 0.3) is 5.91 Å². The Bertz CT molecular complexity index is 832. The lowest BCUT2D eigenvalue weighted by Crippen LogP contribution is -2.42. The highest BCUT2D eigenvalue weighted by Gasteiger charge is 2.44. The molecule has 0 unspecified atom stereocenters. The van der Waals surface area contributed by atoms with Gasteiger partial charge in [0.15, 0.2) is 0 Å². The van der Waals surface area contributed by atoms with Crippen LogP contribution in [0.25, 0.3) is 0 Å². The third-order valence-electron chi connectivity index (χ3n) is 5.48. The third-order valence-corrected chi connectivity index (χ3v) is 5.78. The van der Waals surface area contributed by atoms with Crippen LogP contribution in [0.4, 0.5) is 4.39 Å². The number of carbonyl (C=O) groups is 1. The molecule has 1 saturated carbocycles. The number of aliphatic hydroxyl groups excluding tert-OH is 1. The third kappa shape index (κ3) is 3.77. The van der Waals surface area contributed by atoms with E-state index < -0.39 is 6.10 Å². The average molecular weight is 391 g/mol. The zero-order chi connectivity index (χ0) is 19.0. The molecule has 2 aromatic rings. The molecular formula is C20H20ClFN2O3. The first-order valence-electron chi connectivity index (χ1n) is 9.00. The van der Waals surface area contributed by atoms with Gasteiger partial charge in [-0.1, -0.05) is 11.6 Å². The van der Waals surface area contributed by atoms with Crippen LogP contribution >= 0.6 is 11.6 Å². The highest BCUT2D eigenvalue weighted by Crippen LogP contribution is 2.38. The van der Waals surface area contributed by atoms with Crippen molar-refractivity contribution in [3.63, 3.8) is 0 Å². The van der Waals surface area contributed by atoms with E-state index in [4.69, 9.17) is 16.3 Å². The molecule has 2 heterocycles. The van der Waals surface area contributed by atoms with Gasteiger partial charge in [0.2, 0.25) is 0 Å². The van der Waals surface area contributed by atoms with Crippen LogP contribution in [0, 0.1) is 17.7 Å². The van der Waals surface area contributed by atoms with Gasteiger partial charge in [0.05, 0.1) is 16.7 Å². The Hall–Kier alpha value is -2.18. The fraction of sp³-hybridized carbons (Fsp3) is 0.400. The SMILES string of the molecule is O=C(c1ccncc1Cl)N1C[C@H]2C[C@@H](Oc3ccc(F)cc3)[C@H](O)C[C@H]2C1. The number of likely N-dealkylation sites (tertiary alicyclic amines) is 1. The molecule has 1 N–H and O–H groups in total. The topological polar surface area (TPSA) is 62.7 Å². The number of hydrogen-bond donors (Lipinski definition) is 1. The lowest BCUT2D eigenvalue weighted by Gasteiger charge is -2.35. The van der Waals surface area contributed by atoms with Gasteiger partial charge in [0, 0.05) is 25.5 Å². The highest BCUT2D eigenvalue weighted by atomic mass is 35.5. The molecule has 0 radical (unpaired) electrons. The van der Waals surface area contributed by atoms with Gasteiger partial charge in [-0.2, -0.15) is 0 Å². The average Bonchev–Trinajstić information content (AvgIpc) is 3.06. The Morgan fingerprint density at radius 3 is 2.59 bits per heavy atom. The number of hydrogen-bond acceptors (Lipinski definition) is 4. The quantitative estimate of drug-likeness (QED) is 0.874. The van der Waals surface area contributed by atoms with Gasteiger partial charge in [-0.05, 0) is 55.0 Å². The van der Waals surface area contributed by atoms with Crippen molar-refractivity contribution in [1.29, 1.82) is 0 Å². The minimum absolute atomic E-state index is 0.109. The van der Waals surface area contributed by atoms with Crippen molar-refractivity contribution in [1.82, 2.24) is 9.88 Å². The van der Waals surface area contributed by atoms with E-state index in [0.717, 1.165) is 0 Å². The second kappa shape index (κ2) is 7.44. The molecule has 7 heteroatoms. The zero-order valence-electron chi connectivity index (χ0n) is 14.6. The fourth-order valence-electron chi connectivity index (χ4n) is 4.09. The summed E-state index contributed by atoms with van der Waals surface area (Å²) in [5, 5.41) is 10.8. The molecule has 2 fully saturated rings. The summed E-state index contributed by atoms with van der Waals surface area (Å²) in [6.07, 6.45) is 3.26. The number of amides is 1. The maximum atomic E-state index is 13.0. The van der Waals surface area contributed by atoms with Gasteiger partial charge in [-0.15, -0.1) is 0 Å². The van der Waals surface area contributed by atoms with Crippen molar-refractivity contribution >= 4 is 17.5 Å². The van der Waals surface area contributed by atoms with Crippen molar-refractivity contribution in [2.24, 2.45) is 11.8 Å². The van der Waals surface area contributed by atoms with Crippen LogP contribution in [0.5, 0.6) is 5.75 Å². The van der Waals surface area contributed by atoms with E-state index >= 15 is 0 Å². The molecule has 4 rings (SSSR count). The van der Waals surface area contributed by atoms with Crippen LogP contribution in [0.2, 0.25) is 5.02 Å². The van der Waals surface area contributed by atoms with Gasteiger partial charge < -0.3 is 14.7 Å². The second-order valence-electron chi connectivity index (χ2n) is 7.23. The van der Waals surface area contributed by atoms with Crippen molar-refractivity contribution < 1.29 is 19.0 Å². The Kier molecular flexibility index (Phi) is 5.02. The normalized spacial score (nSPS) is 27.3. The van der Waals surface area contributed by atoms with E-state index in [0.29, 0.717) is 42.3 Å². The molecule has 0 spiro atoms. The minimum atomic E-state index is -0.615. The molecular weight excluding hydrogens is 371 g/mol. The summed E-state index contributed by atoms with van der Waals surface area (Å²) in [7, 11) is 0. The summed E-state index contributed by atoms with van der Waals surface area (Å²) >= 11 is 6.10. The molecule has 1 saturated heterocycles. The predicted octanol–water partition coefficient (Wildman–Crippen LogP) is 3.16. The van der Waals surface area contributed by atoms with Crippen molar-refractivity contribution in [3.8, 4) is 5.75 Å². The van der Waals surface area contributed by atoms with Crippen LogP contribution in [0.15, 0.2) is 42.7 Å². The Morgan fingerprint density at radius 2 is 1.89 bits per heavy atom. The number of rotatable bonds is 3. The van der Waals surface area contributed by atoms with Crippen LogP contribution in [-0.2, 0) is 0 Å². The summed E-state index contributed by atoms with van der Waals surface area (Å²) in [5.74, 6) is 0.586. The zero-order valence-corrected chi connectivity index (χ0v) is 15.3. The van der Waals surface area contributed by atoms with Gasteiger partial charge >= 0.3 is 0 Å². The van der Waals surface area contributed by atoms with Gasteiger partial charge in [-0.25, -0.2) is 4.39 Å². The maximum absolute atomic E-state index is 13.0. The van der Waals surface area contributed by atoms with Crippen molar-refractivity contribution in [2.75, 3.05) is 13.1 Å². The van der Waals surface area contributed by atoms with Crippen LogP contribution in [0.3, 0.4) is 0 Å². The number of carbonyl (C=O) groups excluding carboxylic acids is 1. The summed E-state index contributed by atoms with van der Waals surface area (Å²) in [6, 6.07) is 7.42. The molecule has 1 aliphatic carbocycles. The first-order valence-corrected chi connectivity index (χ1v) is 9.38. The van der Waals surface area contributed by atoms with E-state index in [1.54, 1.807) is 29.3 Å². The first-order chi connectivity index (χ1) is 13.0. The summed E-state index contributed by atoms with van der Waals surface area (Å²) < 4.78 is 18.9. The lowest BCUT2D eigenvalue weighted by atomic mass is 9.78. The Labute approximate surface area is 161 Å². The van der Waals surface area contributed by atoms with Crippen molar-refractivity contribution in [3.05, 3.63) is 59.1 Å². The number of aromatic nitrogens is 1. The lowest BCUT2D eigenvalue weighted by molar-refractivity contribution is -0.0231. The van der Waals surface area contributed by atoms with E-state index in [9.17, 15) is 14.3 Å². The molecule has 2 aliphatic rings. The minimum Gasteiger partial charge on any atom is -0.488 e. The van der Waals surface area contributed by atoms with E-state index in [2.05, 4.69) is 4.98 Å². The molecule has 5 nitrogen and oxygen atoms in total. The number of pyridine rings is 1.